The lowest BCUT2D eigenvalue weighted by Crippen LogP contribution is -1.95. The van der Waals surface area contributed by atoms with Crippen LogP contribution in [0.2, 0.25) is 0 Å². The summed E-state index contributed by atoms with van der Waals surface area (Å²) in [5.74, 6) is 2.67. The summed E-state index contributed by atoms with van der Waals surface area (Å²) in [5, 5.41) is 0. The average Bonchev–Trinajstić information content (AvgIpc) is 2.47. The number of allylic oxidation sites excluding steroid dienone is 2. The van der Waals surface area contributed by atoms with Crippen LogP contribution in [0.5, 0.6) is 0 Å². The highest BCUT2D eigenvalue weighted by molar-refractivity contribution is 5.64. The first-order valence-corrected chi connectivity index (χ1v) is 5.74. The highest BCUT2D eigenvalue weighted by atomic mass is 16.3. The van der Waals surface area contributed by atoms with Crippen molar-refractivity contribution in [3.63, 3.8) is 0 Å². The molecule has 0 aliphatic rings. The second kappa shape index (κ2) is 4.69. The number of hydrogen-bond donors (Lipinski definition) is 0. The molecular weight excluding hydrogens is 184 g/mol. The molecule has 0 atom stereocenters. The molecule has 1 rings (SSSR count). The van der Waals surface area contributed by atoms with Crippen LogP contribution in [0, 0.1) is 19.8 Å². The largest absolute Gasteiger partial charge is 0.461 e. The van der Waals surface area contributed by atoms with Crippen molar-refractivity contribution >= 4 is 5.57 Å². The standard InChI is InChI=1S/C14H22O/c1-7-13(9(2)3)11(5)14-8-10(4)12(6)15-14/h8-9H,7H2,1-6H3/b13-11-. The van der Waals surface area contributed by atoms with Crippen LogP contribution < -0.4 is 0 Å². The summed E-state index contributed by atoms with van der Waals surface area (Å²) in [7, 11) is 0. The fourth-order valence-corrected chi connectivity index (χ4v) is 2.02. The minimum Gasteiger partial charge on any atom is -0.461 e. The number of hydrogen-bond acceptors (Lipinski definition) is 1. The van der Waals surface area contributed by atoms with E-state index in [-0.39, 0.29) is 0 Å². The summed E-state index contributed by atoms with van der Waals surface area (Å²) in [5.41, 5.74) is 4.04. The van der Waals surface area contributed by atoms with Crippen molar-refractivity contribution in [2.24, 2.45) is 5.92 Å². The van der Waals surface area contributed by atoms with E-state index in [1.54, 1.807) is 0 Å². The van der Waals surface area contributed by atoms with Crippen molar-refractivity contribution in [1.82, 2.24) is 0 Å². The normalized spacial score (nSPS) is 13.3. The molecule has 0 amide bonds. The Bertz CT molecular complexity index is 347. The van der Waals surface area contributed by atoms with Gasteiger partial charge in [0.15, 0.2) is 0 Å². The van der Waals surface area contributed by atoms with Crippen molar-refractivity contribution in [3.8, 4) is 0 Å². The maximum Gasteiger partial charge on any atom is 0.130 e. The van der Waals surface area contributed by atoms with Gasteiger partial charge in [-0.05, 0) is 50.3 Å². The summed E-state index contributed by atoms with van der Waals surface area (Å²) >= 11 is 0. The van der Waals surface area contributed by atoms with Crippen molar-refractivity contribution in [1.29, 1.82) is 0 Å². The van der Waals surface area contributed by atoms with Gasteiger partial charge in [0.25, 0.3) is 0 Å². The second-order valence-corrected chi connectivity index (χ2v) is 4.51. The monoisotopic (exact) mass is 206 g/mol. The Balaban J connectivity index is 3.16. The van der Waals surface area contributed by atoms with Gasteiger partial charge in [0.05, 0.1) is 0 Å². The van der Waals surface area contributed by atoms with Gasteiger partial charge in [-0.25, -0.2) is 0 Å². The number of rotatable bonds is 3. The first kappa shape index (κ1) is 12.1. The molecule has 0 saturated heterocycles. The molecule has 15 heavy (non-hydrogen) atoms. The van der Waals surface area contributed by atoms with Gasteiger partial charge in [-0.2, -0.15) is 0 Å². The number of furan rings is 1. The van der Waals surface area contributed by atoms with E-state index in [1.165, 1.54) is 16.7 Å². The Morgan fingerprint density at radius 3 is 2.27 bits per heavy atom. The molecule has 0 unspecified atom stereocenters. The molecule has 1 aromatic rings. The van der Waals surface area contributed by atoms with Crippen molar-refractivity contribution in [2.75, 3.05) is 0 Å². The van der Waals surface area contributed by atoms with Crippen LogP contribution in [0.15, 0.2) is 16.1 Å². The van der Waals surface area contributed by atoms with Crippen LogP contribution in [0.25, 0.3) is 5.57 Å². The van der Waals surface area contributed by atoms with Gasteiger partial charge < -0.3 is 4.42 Å². The van der Waals surface area contributed by atoms with Gasteiger partial charge in [-0.1, -0.05) is 26.3 Å². The van der Waals surface area contributed by atoms with Crippen molar-refractivity contribution < 1.29 is 4.42 Å². The molecule has 84 valence electrons. The Morgan fingerprint density at radius 1 is 1.33 bits per heavy atom. The van der Waals surface area contributed by atoms with Gasteiger partial charge in [0, 0.05) is 0 Å². The molecule has 1 heteroatoms. The quantitative estimate of drug-likeness (QED) is 0.696. The zero-order chi connectivity index (χ0) is 11.6. The van der Waals surface area contributed by atoms with Gasteiger partial charge in [-0.3, -0.25) is 0 Å². The molecule has 0 aliphatic carbocycles. The van der Waals surface area contributed by atoms with Gasteiger partial charge in [0.1, 0.15) is 11.5 Å². The summed E-state index contributed by atoms with van der Waals surface area (Å²) in [6, 6.07) is 2.14. The molecule has 0 spiro atoms. The average molecular weight is 206 g/mol. The molecular formula is C14H22O. The topological polar surface area (TPSA) is 13.1 Å². The van der Waals surface area contributed by atoms with Gasteiger partial charge >= 0.3 is 0 Å². The Kier molecular flexibility index (Phi) is 3.78. The first-order valence-electron chi connectivity index (χ1n) is 5.74. The predicted octanol–water partition coefficient (Wildman–Crippen LogP) is 4.74. The summed E-state index contributed by atoms with van der Waals surface area (Å²) in [6.45, 7) is 13.0. The molecule has 0 radical (unpaired) electrons. The molecule has 1 nitrogen and oxygen atoms in total. The van der Waals surface area contributed by atoms with Gasteiger partial charge in [0.2, 0.25) is 0 Å². The van der Waals surface area contributed by atoms with Crippen LogP contribution in [0.3, 0.4) is 0 Å². The van der Waals surface area contributed by atoms with E-state index in [4.69, 9.17) is 4.42 Å². The molecule has 0 N–H and O–H groups in total. The first-order chi connectivity index (χ1) is 6.97. The Hall–Kier alpha value is -0.980. The second-order valence-electron chi connectivity index (χ2n) is 4.51. The third-order valence-corrected chi connectivity index (χ3v) is 3.10. The zero-order valence-corrected chi connectivity index (χ0v) is 10.8. The summed E-state index contributed by atoms with van der Waals surface area (Å²) in [4.78, 5) is 0. The summed E-state index contributed by atoms with van der Waals surface area (Å²) in [6.07, 6.45) is 1.10. The summed E-state index contributed by atoms with van der Waals surface area (Å²) < 4.78 is 5.75. The maximum absolute atomic E-state index is 5.75. The third-order valence-electron chi connectivity index (χ3n) is 3.10. The van der Waals surface area contributed by atoms with Crippen LogP contribution in [-0.2, 0) is 0 Å². The third kappa shape index (κ3) is 2.53. The molecule has 1 heterocycles. The smallest absolute Gasteiger partial charge is 0.130 e. The Labute approximate surface area is 93.2 Å². The van der Waals surface area contributed by atoms with Gasteiger partial charge in [-0.15, -0.1) is 0 Å². The zero-order valence-electron chi connectivity index (χ0n) is 10.8. The lowest BCUT2D eigenvalue weighted by molar-refractivity contribution is 0.517. The van der Waals surface area contributed by atoms with E-state index in [9.17, 15) is 0 Å². The maximum atomic E-state index is 5.75. The van der Waals surface area contributed by atoms with Crippen LogP contribution in [0.1, 0.15) is 51.2 Å². The lowest BCUT2D eigenvalue weighted by Gasteiger charge is -2.12. The van der Waals surface area contributed by atoms with E-state index in [1.807, 2.05) is 6.92 Å². The van der Waals surface area contributed by atoms with E-state index < -0.39 is 0 Å². The van der Waals surface area contributed by atoms with Crippen LogP contribution in [0.4, 0.5) is 0 Å². The lowest BCUT2D eigenvalue weighted by atomic mass is 9.94. The highest BCUT2D eigenvalue weighted by Crippen LogP contribution is 2.28. The van der Waals surface area contributed by atoms with Crippen molar-refractivity contribution in [2.45, 2.75) is 48.0 Å². The highest BCUT2D eigenvalue weighted by Gasteiger charge is 2.11. The SMILES string of the molecule is CC/C(=C(\C)c1cc(C)c(C)o1)C(C)C. The van der Waals surface area contributed by atoms with E-state index in [2.05, 4.69) is 40.7 Å². The Morgan fingerprint density at radius 2 is 1.93 bits per heavy atom. The van der Waals surface area contributed by atoms with Crippen LogP contribution >= 0.6 is 0 Å². The minimum atomic E-state index is 0.598. The minimum absolute atomic E-state index is 0.598. The molecule has 0 aliphatic heterocycles. The predicted molar refractivity (Wildman–Crippen MR) is 65.9 cm³/mol. The van der Waals surface area contributed by atoms with E-state index in [0.717, 1.165) is 17.9 Å². The molecule has 0 fully saturated rings. The number of aryl methyl sites for hydroxylation is 2. The van der Waals surface area contributed by atoms with E-state index in [0.29, 0.717) is 5.92 Å². The molecule has 0 saturated carbocycles. The molecule has 1 aromatic heterocycles. The van der Waals surface area contributed by atoms with E-state index >= 15 is 0 Å². The van der Waals surface area contributed by atoms with Crippen LogP contribution in [-0.4, -0.2) is 0 Å². The molecule has 0 bridgehead atoms. The fraction of sp³-hybridized carbons (Fsp3) is 0.571. The molecule has 0 aromatic carbocycles. The fourth-order valence-electron chi connectivity index (χ4n) is 2.02. The van der Waals surface area contributed by atoms with Crippen molar-refractivity contribution in [3.05, 3.63) is 28.7 Å².